The van der Waals surface area contributed by atoms with Crippen LogP contribution in [0, 0.1) is 0 Å². The Morgan fingerprint density at radius 1 is 1.19 bits per heavy atom. The van der Waals surface area contributed by atoms with Gasteiger partial charge < -0.3 is 14.3 Å². The van der Waals surface area contributed by atoms with Gasteiger partial charge in [-0.05, 0) is 18.2 Å². The van der Waals surface area contributed by atoms with E-state index in [-0.39, 0.29) is 11.3 Å². The maximum Gasteiger partial charge on any atom is 0.342 e. The van der Waals surface area contributed by atoms with Crippen LogP contribution in [0.4, 0.5) is 0 Å². The fourth-order valence-corrected chi connectivity index (χ4v) is 3.72. The molecule has 2 heterocycles. The van der Waals surface area contributed by atoms with E-state index in [1.54, 1.807) is 6.07 Å². The van der Waals surface area contributed by atoms with E-state index < -0.39 is 5.97 Å². The molecule has 4 nitrogen and oxygen atoms in total. The van der Waals surface area contributed by atoms with Gasteiger partial charge in [-0.15, -0.1) is 0 Å². The summed E-state index contributed by atoms with van der Waals surface area (Å²) in [6.45, 7) is 0. The van der Waals surface area contributed by atoms with Gasteiger partial charge in [0.1, 0.15) is 16.9 Å². The van der Waals surface area contributed by atoms with E-state index in [0.717, 1.165) is 20.4 Å². The second kappa shape index (κ2) is 4.23. The number of carbonyl (C=O) groups excluding carboxylic acids is 1. The summed E-state index contributed by atoms with van der Waals surface area (Å²) >= 11 is 1.52. The molecule has 0 saturated carbocycles. The predicted molar refractivity (Wildman–Crippen MR) is 82.1 cm³/mol. The Labute approximate surface area is 123 Å². The number of furan rings is 1. The molecule has 0 bridgehead atoms. The van der Waals surface area contributed by atoms with Crippen molar-refractivity contribution in [2.75, 3.05) is 7.11 Å². The van der Waals surface area contributed by atoms with Crippen LogP contribution < -0.4 is 0 Å². The molecule has 104 valence electrons. The first-order chi connectivity index (χ1) is 10.2. The molecule has 0 atom stereocenters. The molecule has 0 fully saturated rings. The SMILES string of the molecule is COC(=O)c1c(O)ccc2oc3sc4ccccc4c3c12. The third kappa shape index (κ3) is 1.58. The summed E-state index contributed by atoms with van der Waals surface area (Å²) in [5.41, 5.74) is 0.720. The highest BCUT2D eigenvalue weighted by Gasteiger charge is 2.23. The Morgan fingerprint density at radius 3 is 2.81 bits per heavy atom. The number of ether oxygens (including phenoxy) is 1. The Hall–Kier alpha value is -2.53. The second-order valence-corrected chi connectivity index (χ2v) is 5.70. The van der Waals surface area contributed by atoms with E-state index in [1.165, 1.54) is 24.5 Å². The van der Waals surface area contributed by atoms with Crippen LogP contribution in [0.15, 0.2) is 40.8 Å². The smallest absolute Gasteiger partial charge is 0.342 e. The lowest BCUT2D eigenvalue weighted by Crippen LogP contribution is -2.02. The van der Waals surface area contributed by atoms with Crippen LogP contribution in [0.2, 0.25) is 0 Å². The highest BCUT2D eigenvalue weighted by molar-refractivity contribution is 7.25. The van der Waals surface area contributed by atoms with Crippen molar-refractivity contribution in [3.8, 4) is 5.75 Å². The molecule has 0 radical (unpaired) electrons. The standard InChI is InChI=1S/C16H10O4S/c1-19-15(18)13-9(17)6-7-10-14(13)12-8-4-2-3-5-11(8)21-16(12)20-10/h2-7,17H,1H3. The molecule has 5 heteroatoms. The first-order valence-corrected chi connectivity index (χ1v) is 7.16. The molecule has 4 rings (SSSR count). The summed E-state index contributed by atoms with van der Waals surface area (Å²) in [6, 6.07) is 11.0. The van der Waals surface area contributed by atoms with Gasteiger partial charge in [0.2, 0.25) is 0 Å². The number of aromatic hydroxyl groups is 1. The Balaban J connectivity index is 2.28. The van der Waals surface area contributed by atoms with E-state index in [9.17, 15) is 9.90 Å². The summed E-state index contributed by atoms with van der Waals surface area (Å²) in [6.07, 6.45) is 0. The van der Waals surface area contributed by atoms with Crippen molar-refractivity contribution in [1.29, 1.82) is 0 Å². The lowest BCUT2D eigenvalue weighted by atomic mass is 10.0. The van der Waals surface area contributed by atoms with Gasteiger partial charge in [0.15, 0.2) is 4.90 Å². The van der Waals surface area contributed by atoms with Crippen molar-refractivity contribution < 1.29 is 19.1 Å². The lowest BCUT2D eigenvalue weighted by Gasteiger charge is -2.03. The van der Waals surface area contributed by atoms with Crippen molar-refractivity contribution >= 4 is 48.6 Å². The van der Waals surface area contributed by atoms with Crippen LogP contribution in [-0.4, -0.2) is 18.2 Å². The van der Waals surface area contributed by atoms with Gasteiger partial charge in [-0.3, -0.25) is 0 Å². The number of hydrogen-bond acceptors (Lipinski definition) is 5. The first kappa shape index (κ1) is 12.2. The molecule has 1 N–H and O–H groups in total. The van der Waals surface area contributed by atoms with E-state index in [0.29, 0.717) is 11.0 Å². The van der Waals surface area contributed by atoms with Crippen LogP contribution in [0.1, 0.15) is 10.4 Å². The zero-order valence-corrected chi connectivity index (χ0v) is 11.9. The van der Waals surface area contributed by atoms with Crippen LogP contribution in [0.3, 0.4) is 0 Å². The summed E-state index contributed by atoms with van der Waals surface area (Å²) < 4.78 is 11.7. The zero-order chi connectivity index (χ0) is 14.6. The number of hydrogen-bond donors (Lipinski definition) is 1. The number of methoxy groups -OCH3 is 1. The molecule has 0 unspecified atom stereocenters. The number of fused-ring (bicyclic) bond motifs is 5. The van der Waals surface area contributed by atoms with Gasteiger partial charge in [0.25, 0.3) is 0 Å². The number of thiophene rings is 1. The first-order valence-electron chi connectivity index (χ1n) is 6.34. The summed E-state index contributed by atoms with van der Waals surface area (Å²) in [5.74, 6) is -0.677. The topological polar surface area (TPSA) is 59.7 Å². The summed E-state index contributed by atoms with van der Waals surface area (Å²) in [5, 5.41) is 12.5. The van der Waals surface area contributed by atoms with E-state index in [4.69, 9.17) is 9.15 Å². The van der Waals surface area contributed by atoms with Crippen LogP contribution in [0.25, 0.3) is 31.3 Å². The fourth-order valence-electron chi connectivity index (χ4n) is 2.65. The Bertz CT molecular complexity index is 1010. The Kier molecular flexibility index (Phi) is 2.46. The van der Waals surface area contributed by atoms with Gasteiger partial charge >= 0.3 is 5.97 Å². The van der Waals surface area contributed by atoms with E-state index in [1.807, 2.05) is 24.3 Å². The van der Waals surface area contributed by atoms with Crippen molar-refractivity contribution in [3.05, 3.63) is 42.0 Å². The largest absolute Gasteiger partial charge is 0.507 e. The fraction of sp³-hybridized carbons (Fsp3) is 0.0625. The van der Waals surface area contributed by atoms with Gasteiger partial charge in [0.05, 0.1) is 7.11 Å². The molecule has 0 saturated heterocycles. The van der Waals surface area contributed by atoms with Gasteiger partial charge in [-0.25, -0.2) is 4.79 Å². The second-order valence-electron chi connectivity index (χ2n) is 4.69. The minimum atomic E-state index is -0.573. The molecule has 0 amide bonds. The third-order valence-electron chi connectivity index (χ3n) is 3.55. The number of rotatable bonds is 1. The average molecular weight is 298 g/mol. The number of carbonyl (C=O) groups is 1. The van der Waals surface area contributed by atoms with Crippen molar-refractivity contribution in [2.45, 2.75) is 0 Å². The lowest BCUT2D eigenvalue weighted by molar-refractivity contribution is 0.0600. The molecule has 0 spiro atoms. The van der Waals surface area contributed by atoms with E-state index in [2.05, 4.69) is 0 Å². The summed E-state index contributed by atoms with van der Waals surface area (Å²) in [7, 11) is 1.30. The zero-order valence-electron chi connectivity index (χ0n) is 11.0. The normalized spacial score (nSPS) is 11.5. The molecule has 4 aromatic rings. The van der Waals surface area contributed by atoms with Crippen molar-refractivity contribution in [3.63, 3.8) is 0 Å². The minimum Gasteiger partial charge on any atom is -0.507 e. The molecular formula is C16H10O4S. The summed E-state index contributed by atoms with van der Waals surface area (Å²) in [4.78, 5) is 12.8. The predicted octanol–water partition coefficient (Wildman–Crippen LogP) is 4.29. The molecular weight excluding hydrogens is 288 g/mol. The molecule has 0 aliphatic heterocycles. The van der Waals surface area contributed by atoms with Crippen LogP contribution >= 0.6 is 11.3 Å². The molecule has 21 heavy (non-hydrogen) atoms. The van der Waals surface area contributed by atoms with Crippen LogP contribution in [-0.2, 0) is 4.74 Å². The highest BCUT2D eigenvalue weighted by Crippen LogP contribution is 2.43. The van der Waals surface area contributed by atoms with Gasteiger partial charge in [-0.1, -0.05) is 29.5 Å². The number of phenols is 1. The maximum atomic E-state index is 12.0. The molecule has 0 aliphatic rings. The van der Waals surface area contributed by atoms with Crippen LogP contribution in [0.5, 0.6) is 5.75 Å². The number of esters is 1. The highest BCUT2D eigenvalue weighted by atomic mass is 32.1. The molecule has 0 aliphatic carbocycles. The maximum absolute atomic E-state index is 12.0. The van der Waals surface area contributed by atoms with Gasteiger partial charge in [0, 0.05) is 20.9 Å². The molecule has 2 aromatic carbocycles. The monoisotopic (exact) mass is 298 g/mol. The van der Waals surface area contributed by atoms with Gasteiger partial charge in [-0.2, -0.15) is 0 Å². The average Bonchev–Trinajstić information content (AvgIpc) is 3.02. The van der Waals surface area contributed by atoms with Crippen molar-refractivity contribution in [2.24, 2.45) is 0 Å². The molecule has 2 aromatic heterocycles. The van der Waals surface area contributed by atoms with Crippen molar-refractivity contribution in [1.82, 2.24) is 0 Å². The van der Waals surface area contributed by atoms with E-state index >= 15 is 0 Å². The quantitative estimate of drug-likeness (QED) is 0.532. The minimum absolute atomic E-state index is 0.104. The third-order valence-corrected chi connectivity index (χ3v) is 4.60. The Morgan fingerprint density at radius 2 is 2.00 bits per heavy atom. The number of phenolic OH excluding ortho intramolecular Hbond substituents is 1. The number of benzene rings is 2.